The number of anilines is 1. The van der Waals surface area contributed by atoms with Gasteiger partial charge in [0.2, 0.25) is 0 Å². The van der Waals surface area contributed by atoms with Gasteiger partial charge in [-0.1, -0.05) is 11.6 Å². The molecule has 0 saturated carbocycles. The Labute approximate surface area is 159 Å². The summed E-state index contributed by atoms with van der Waals surface area (Å²) in [6.07, 6.45) is 0. The van der Waals surface area contributed by atoms with Crippen molar-refractivity contribution in [3.63, 3.8) is 0 Å². The Balaban J connectivity index is 0. The van der Waals surface area contributed by atoms with Gasteiger partial charge >= 0.3 is 59.1 Å². The number of hydrazine groups is 1. The third-order valence-electron chi connectivity index (χ3n) is 1.48. The average Bonchev–Trinajstić information content (AvgIpc) is 2.13. The Hall–Kier alpha value is 1.09. The molecule has 13 heteroatoms. The van der Waals surface area contributed by atoms with Crippen LogP contribution >= 0.6 is 11.6 Å². The maximum atomic E-state index is 10.8. The molecule has 19 heavy (non-hydrogen) atoms. The van der Waals surface area contributed by atoms with Crippen LogP contribution < -0.4 is 68.4 Å². The topological polar surface area (TPSA) is 130 Å². The van der Waals surface area contributed by atoms with Gasteiger partial charge in [-0.2, -0.15) is 4.41 Å². The Morgan fingerprint density at radius 2 is 1.42 bits per heavy atom. The van der Waals surface area contributed by atoms with Gasteiger partial charge in [-0.05, 0) is 24.3 Å². The Kier molecular flexibility index (Phi) is 10.0. The molecule has 0 aliphatic heterocycles. The van der Waals surface area contributed by atoms with Crippen LogP contribution in [0.5, 0.6) is 0 Å². The number of nitrogens with zero attached hydrogens (tertiary/aromatic N) is 1. The summed E-state index contributed by atoms with van der Waals surface area (Å²) < 4.78 is 63.2. The SMILES string of the molecule is O=S(=O)([O-])NN(c1ccc(Cl)cc1)S(=O)(=O)[O-].[Na+].[Na+]. The van der Waals surface area contributed by atoms with E-state index in [1.165, 1.54) is 12.1 Å². The summed E-state index contributed by atoms with van der Waals surface area (Å²) in [6, 6.07) is 4.54. The first-order valence-corrected chi connectivity index (χ1v) is 7.00. The van der Waals surface area contributed by atoms with Crippen LogP contribution in [-0.4, -0.2) is 25.9 Å². The average molecular weight is 347 g/mol. The normalized spacial score (nSPS) is 11.1. The molecule has 0 aromatic heterocycles. The number of benzene rings is 1. The van der Waals surface area contributed by atoms with Crippen molar-refractivity contribution in [2.75, 3.05) is 4.41 Å². The standard InChI is InChI=1S/C6H7ClN2O6S2.2Na/c7-5-1-3-6(4-2-5)9(17(13,14)15)8-16(10,11)12;;/h1-4,8H,(H,10,11,12)(H,13,14,15);;/q;2*+1/p-2. The molecule has 0 fully saturated rings. The largest absolute Gasteiger partial charge is 1.00 e. The van der Waals surface area contributed by atoms with Gasteiger partial charge < -0.3 is 9.11 Å². The van der Waals surface area contributed by atoms with Crippen molar-refractivity contribution in [2.45, 2.75) is 0 Å². The maximum Gasteiger partial charge on any atom is 1.00 e. The predicted octanol–water partition coefficient (Wildman–Crippen LogP) is -6.42. The molecule has 1 aromatic carbocycles. The summed E-state index contributed by atoms with van der Waals surface area (Å²) in [7, 11) is -10.4. The second kappa shape index (κ2) is 8.51. The summed E-state index contributed by atoms with van der Waals surface area (Å²) in [6.45, 7) is 0. The van der Waals surface area contributed by atoms with Crippen molar-refractivity contribution in [1.29, 1.82) is 0 Å². The summed E-state index contributed by atoms with van der Waals surface area (Å²) in [5, 5.41) is 0.238. The first kappa shape index (κ1) is 22.4. The number of rotatable bonds is 4. The Morgan fingerprint density at radius 1 is 1.00 bits per heavy atom. The van der Waals surface area contributed by atoms with Gasteiger partial charge in [-0.25, -0.2) is 16.8 Å². The van der Waals surface area contributed by atoms with E-state index in [0.717, 1.165) is 17.0 Å². The molecule has 8 nitrogen and oxygen atoms in total. The minimum absolute atomic E-state index is 0. The van der Waals surface area contributed by atoms with E-state index >= 15 is 0 Å². The van der Waals surface area contributed by atoms with Crippen molar-refractivity contribution in [1.82, 2.24) is 4.83 Å². The fraction of sp³-hybridized carbons (Fsp3) is 0. The van der Waals surface area contributed by atoms with Crippen molar-refractivity contribution < 1.29 is 85.1 Å². The molecule has 0 atom stereocenters. The van der Waals surface area contributed by atoms with Crippen LogP contribution in [0.25, 0.3) is 0 Å². The van der Waals surface area contributed by atoms with Gasteiger partial charge in [-0.15, -0.1) is 4.83 Å². The molecule has 0 unspecified atom stereocenters. The molecular weight excluding hydrogens is 342 g/mol. The fourth-order valence-corrected chi connectivity index (χ4v) is 2.36. The van der Waals surface area contributed by atoms with Gasteiger partial charge in [0.1, 0.15) is 0 Å². The van der Waals surface area contributed by atoms with Crippen LogP contribution in [0.4, 0.5) is 5.69 Å². The van der Waals surface area contributed by atoms with Crippen LogP contribution in [0.2, 0.25) is 5.02 Å². The van der Waals surface area contributed by atoms with E-state index in [0.29, 0.717) is 0 Å². The fourth-order valence-electron chi connectivity index (χ4n) is 0.905. The van der Waals surface area contributed by atoms with Gasteiger partial charge in [0.25, 0.3) is 0 Å². The minimum Gasteiger partial charge on any atom is -0.734 e. The predicted molar refractivity (Wildman–Crippen MR) is 56.5 cm³/mol. The van der Waals surface area contributed by atoms with E-state index < -0.39 is 20.6 Å². The molecular formula is C6H5ClN2Na2O6S2. The van der Waals surface area contributed by atoms with E-state index in [1.807, 2.05) is 0 Å². The molecule has 1 aromatic rings. The molecule has 0 aliphatic rings. The van der Waals surface area contributed by atoms with Crippen molar-refractivity contribution in [2.24, 2.45) is 0 Å². The van der Waals surface area contributed by atoms with Crippen molar-refractivity contribution >= 4 is 37.9 Å². The van der Waals surface area contributed by atoms with Gasteiger partial charge in [-0.3, -0.25) is 0 Å². The first-order chi connectivity index (χ1) is 7.59. The smallest absolute Gasteiger partial charge is 0.734 e. The van der Waals surface area contributed by atoms with E-state index in [-0.39, 0.29) is 74.2 Å². The van der Waals surface area contributed by atoms with E-state index in [4.69, 9.17) is 11.6 Å². The molecule has 1 N–H and O–H groups in total. The zero-order valence-corrected chi connectivity index (χ0v) is 16.3. The molecule has 0 amide bonds. The first-order valence-electron chi connectivity index (χ1n) is 3.84. The molecule has 0 radical (unpaired) electrons. The van der Waals surface area contributed by atoms with Gasteiger partial charge in [0, 0.05) is 5.02 Å². The van der Waals surface area contributed by atoms with Crippen LogP contribution in [0, 0.1) is 0 Å². The Bertz CT molecular complexity index is 605. The number of nitrogens with one attached hydrogen (secondary N) is 1. The second-order valence-electron chi connectivity index (χ2n) is 2.74. The summed E-state index contributed by atoms with van der Waals surface area (Å²) >= 11 is 5.52. The molecule has 1 rings (SSSR count). The third kappa shape index (κ3) is 8.19. The third-order valence-corrected chi connectivity index (χ3v) is 3.00. The van der Waals surface area contributed by atoms with E-state index in [9.17, 15) is 25.9 Å². The minimum atomic E-state index is -5.21. The molecule has 0 saturated heterocycles. The molecule has 0 aliphatic carbocycles. The summed E-state index contributed by atoms with van der Waals surface area (Å²) in [5.74, 6) is 0. The second-order valence-corrected chi connectivity index (χ2v) is 5.49. The molecule has 0 spiro atoms. The monoisotopic (exact) mass is 346 g/mol. The van der Waals surface area contributed by atoms with Crippen molar-refractivity contribution in [3.8, 4) is 0 Å². The number of hydrogen-bond donors (Lipinski definition) is 1. The summed E-state index contributed by atoms with van der Waals surface area (Å²) in [4.78, 5) is 1.04. The summed E-state index contributed by atoms with van der Waals surface area (Å²) in [5.41, 5.74) is -0.358. The van der Waals surface area contributed by atoms with Crippen LogP contribution in [0.1, 0.15) is 0 Å². The number of halogens is 1. The number of hydrogen-bond acceptors (Lipinski definition) is 6. The van der Waals surface area contributed by atoms with Crippen LogP contribution in [0.15, 0.2) is 24.3 Å². The van der Waals surface area contributed by atoms with E-state index in [1.54, 1.807) is 0 Å². The molecule has 96 valence electrons. The maximum absolute atomic E-state index is 10.8. The quantitative estimate of drug-likeness (QED) is 0.328. The van der Waals surface area contributed by atoms with Gasteiger partial charge in [0.05, 0.1) is 5.69 Å². The molecule has 0 heterocycles. The van der Waals surface area contributed by atoms with Gasteiger partial charge in [0.15, 0.2) is 20.6 Å². The van der Waals surface area contributed by atoms with Crippen LogP contribution in [0.3, 0.4) is 0 Å². The zero-order chi connectivity index (χ0) is 13.3. The zero-order valence-electron chi connectivity index (χ0n) is 9.90. The van der Waals surface area contributed by atoms with Crippen LogP contribution in [-0.2, 0) is 20.6 Å². The molecule has 0 bridgehead atoms. The van der Waals surface area contributed by atoms with Crippen molar-refractivity contribution in [3.05, 3.63) is 29.3 Å². The van der Waals surface area contributed by atoms with E-state index in [2.05, 4.69) is 0 Å². The Morgan fingerprint density at radius 3 is 1.74 bits per heavy atom.